The minimum Gasteiger partial charge on any atom is -0.465 e. The molecule has 1 saturated heterocycles. The monoisotopic (exact) mass is 432 g/mol. The van der Waals surface area contributed by atoms with E-state index in [1.54, 1.807) is 6.07 Å². The van der Waals surface area contributed by atoms with Crippen LogP contribution in [0.2, 0.25) is 5.02 Å². The van der Waals surface area contributed by atoms with Crippen molar-refractivity contribution in [2.24, 2.45) is 17.8 Å². The molecule has 0 saturated carbocycles. The number of esters is 1. The van der Waals surface area contributed by atoms with Crippen molar-refractivity contribution in [1.29, 1.82) is 0 Å². The van der Waals surface area contributed by atoms with Gasteiger partial charge in [0.25, 0.3) is 0 Å². The Hall–Kier alpha value is -2.67. The van der Waals surface area contributed by atoms with Crippen LogP contribution in [0.15, 0.2) is 30.4 Å². The molecule has 8 heteroatoms. The number of benzene rings is 1. The highest BCUT2D eigenvalue weighted by Gasteiger charge is 2.51. The van der Waals surface area contributed by atoms with Crippen molar-refractivity contribution in [2.45, 2.75) is 39.2 Å². The lowest BCUT2D eigenvalue weighted by atomic mass is 9.85. The van der Waals surface area contributed by atoms with E-state index >= 15 is 0 Å². The fourth-order valence-electron chi connectivity index (χ4n) is 4.00. The minimum atomic E-state index is -0.923. The number of ether oxygens (including phenoxy) is 1. The minimum absolute atomic E-state index is 0.0814. The Labute approximate surface area is 180 Å². The Morgan fingerprint density at radius 1 is 1.17 bits per heavy atom. The van der Waals surface area contributed by atoms with Gasteiger partial charge in [0.2, 0.25) is 17.7 Å². The molecule has 1 N–H and O–H groups in total. The molecule has 3 rings (SSSR count). The third-order valence-corrected chi connectivity index (χ3v) is 5.82. The normalized spacial score (nSPS) is 21.6. The fraction of sp³-hybridized carbons (Fsp3) is 0.455. The van der Waals surface area contributed by atoms with Crippen molar-refractivity contribution in [2.75, 3.05) is 12.4 Å². The summed E-state index contributed by atoms with van der Waals surface area (Å²) in [5.41, 5.74) is 0.444. The molecule has 30 heavy (non-hydrogen) atoms. The Balaban J connectivity index is 1.86. The number of carbonyl (C=O) groups is 4. The van der Waals surface area contributed by atoms with Gasteiger partial charge in [0.15, 0.2) is 0 Å². The molecule has 0 bridgehead atoms. The lowest BCUT2D eigenvalue weighted by Gasteiger charge is -2.27. The van der Waals surface area contributed by atoms with Gasteiger partial charge in [-0.25, -0.2) is 4.79 Å². The second kappa shape index (κ2) is 9.00. The molecule has 1 aromatic rings. The molecule has 0 aromatic heterocycles. The molecule has 3 amide bonds. The maximum Gasteiger partial charge on any atom is 0.339 e. The number of nitrogens with one attached hydrogen (secondary N) is 1. The molecule has 1 aliphatic carbocycles. The molecule has 0 radical (unpaired) electrons. The van der Waals surface area contributed by atoms with Crippen molar-refractivity contribution in [3.63, 3.8) is 0 Å². The smallest absolute Gasteiger partial charge is 0.339 e. The van der Waals surface area contributed by atoms with Crippen molar-refractivity contribution in [3.05, 3.63) is 40.9 Å². The Morgan fingerprint density at radius 3 is 2.30 bits per heavy atom. The van der Waals surface area contributed by atoms with E-state index in [0.717, 1.165) is 4.90 Å². The highest BCUT2D eigenvalue weighted by Crippen LogP contribution is 2.37. The summed E-state index contributed by atoms with van der Waals surface area (Å²) in [6.45, 7) is 3.86. The number of hydrogen-bond acceptors (Lipinski definition) is 5. The van der Waals surface area contributed by atoms with Gasteiger partial charge in [-0.05, 0) is 43.4 Å². The highest BCUT2D eigenvalue weighted by atomic mass is 35.5. The zero-order valence-electron chi connectivity index (χ0n) is 17.2. The van der Waals surface area contributed by atoms with Gasteiger partial charge in [0.05, 0.1) is 29.5 Å². The summed E-state index contributed by atoms with van der Waals surface area (Å²) in [5.74, 6) is -2.40. The number of hydrogen-bond donors (Lipinski definition) is 1. The highest BCUT2D eigenvalue weighted by molar-refractivity contribution is 6.33. The second-order valence-corrected chi connectivity index (χ2v) is 8.43. The molecule has 0 spiro atoms. The number of allylic oxidation sites excluding steroid dienone is 2. The number of likely N-dealkylation sites (tertiary alicyclic amines) is 1. The van der Waals surface area contributed by atoms with E-state index in [0.29, 0.717) is 24.9 Å². The Kier molecular flexibility index (Phi) is 6.61. The third-order valence-electron chi connectivity index (χ3n) is 5.49. The second-order valence-electron chi connectivity index (χ2n) is 8.02. The van der Waals surface area contributed by atoms with Crippen LogP contribution in [-0.2, 0) is 19.1 Å². The number of amides is 3. The number of halogens is 1. The van der Waals surface area contributed by atoms with Crippen LogP contribution in [0.5, 0.6) is 0 Å². The van der Waals surface area contributed by atoms with Crippen LogP contribution < -0.4 is 5.32 Å². The van der Waals surface area contributed by atoms with E-state index in [-0.39, 0.29) is 28.3 Å². The van der Waals surface area contributed by atoms with E-state index in [4.69, 9.17) is 16.3 Å². The van der Waals surface area contributed by atoms with Crippen LogP contribution in [0.3, 0.4) is 0 Å². The molecular weight excluding hydrogens is 408 g/mol. The molecule has 3 atom stereocenters. The average Bonchev–Trinajstić information content (AvgIpc) is 2.97. The maximum absolute atomic E-state index is 13.1. The van der Waals surface area contributed by atoms with E-state index in [1.807, 2.05) is 26.0 Å². The first-order valence-corrected chi connectivity index (χ1v) is 10.3. The van der Waals surface area contributed by atoms with Gasteiger partial charge in [-0.15, -0.1) is 0 Å². The molecule has 3 unspecified atom stereocenters. The summed E-state index contributed by atoms with van der Waals surface area (Å²) in [4.78, 5) is 52.1. The quantitative estimate of drug-likeness (QED) is 0.422. The molecular formula is C22H25ClN2O5. The average molecular weight is 433 g/mol. The number of carbonyl (C=O) groups excluding carboxylic acids is 4. The third kappa shape index (κ3) is 4.26. The summed E-state index contributed by atoms with van der Waals surface area (Å²) in [7, 11) is 1.24. The Bertz CT molecular complexity index is 885. The van der Waals surface area contributed by atoms with Crippen LogP contribution >= 0.6 is 11.6 Å². The number of anilines is 1. The maximum atomic E-state index is 13.1. The molecule has 1 heterocycles. The number of methoxy groups -OCH3 is 1. The summed E-state index contributed by atoms with van der Waals surface area (Å²) >= 11 is 6.03. The van der Waals surface area contributed by atoms with E-state index in [1.165, 1.54) is 19.2 Å². The van der Waals surface area contributed by atoms with Gasteiger partial charge in [0.1, 0.15) is 6.04 Å². The van der Waals surface area contributed by atoms with Crippen molar-refractivity contribution < 1.29 is 23.9 Å². The van der Waals surface area contributed by atoms with Crippen molar-refractivity contribution in [1.82, 2.24) is 4.90 Å². The predicted molar refractivity (Wildman–Crippen MR) is 112 cm³/mol. The standard InChI is InChI=1S/C22H25ClN2O5/c1-12(2)10-18(25-20(27)14-6-4-5-7-15(14)21(25)28)19(26)24-13-8-9-17(23)16(11-13)22(29)30-3/h4-5,8-9,11-12,14-15,18H,6-7,10H2,1-3H3,(H,24,26). The summed E-state index contributed by atoms with van der Waals surface area (Å²) in [5, 5.41) is 2.92. The molecule has 1 fully saturated rings. The van der Waals surface area contributed by atoms with E-state index in [2.05, 4.69) is 5.32 Å². The lowest BCUT2D eigenvalue weighted by Crippen LogP contribution is -2.48. The van der Waals surface area contributed by atoms with Crippen LogP contribution in [-0.4, -0.2) is 41.7 Å². The van der Waals surface area contributed by atoms with Gasteiger partial charge in [-0.2, -0.15) is 0 Å². The van der Waals surface area contributed by atoms with Gasteiger partial charge >= 0.3 is 5.97 Å². The van der Waals surface area contributed by atoms with Crippen molar-refractivity contribution in [3.8, 4) is 0 Å². The van der Waals surface area contributed by atoms with Gasteiger partial charge < -0.3 is 10.1 Å². The largest absolute Gasteiger partial charge is 0.465 e. The number of rotatable bonds is 6. The van der Waals surface area contributed by atoms with E-state index in [9.17, 15) is 19.2 Å². The molecule has 160 valence electrons. The van der Waals surface area contributed by atoms with Gasteiger partial charge in [-0.1, -0.05) is 37.6 Å². The summed E-state index contributed by atoms with van der Waals surface area (Å²) < 4.78 is 4.70. The van der Waals surface area contributed by atoms with Gasteiger partial charge in [-0.3, -0.25) is 19.3 Å². The van der Waals surface area contributed by atoms with Crippen LogP contribution in [0.1, 0.15) is 43.5 Å². The molecule has 7 nitrogen and oxygen atoms in total. The summed E-state index contributed by atoms with van der Waals surface area (Å²) in [6, 6.07) is 3.52. The lowest BCUT2D eigenvalue weighted by molar-refractivity contribution is -0.147. The SMILES string of the molecule is COC(=O)c1cc(NC(=O)C(CC(C)C)N2C(=O)C3CC=CCC3C2=O)ccc1Cl. The van der Waals surface area contributed by atoms with Crippen LogP contribution in [0.25, 0.3) is 0 Å². The first-order chi connectivity index (χ1) is 14.2. The molecule has 2 aliphatic rings. The number of fused-ring (bicyclic) bond motifs is 1. The first kappa shape index (κ1) is 22.0. The van der Waals surface area contributed by atoms with Crippen molar-refractivity contribution >= 4 is 41.0 Å². The number of nitrogens with zero attached hydrogens (tertiary/aromatic N) is 1. The van der Waals surface area contributed by atoms with E-state index < -0.39 is 29.8 Å². The van der Waals surface area contributed by atoms with Crippen LogP contribution in [0.4, 0.5) is 5.69 Å². The zero-order valence-corrected chi connectivity index (χ0v) is 17.9. The van der Waals surface area contributed by atoms with Gasteiger partial charge in [0, 0.05) is 5.69 Å². The predicted octanol–water partition coefficient (Wildman–Crippen LogP) is 3.43. The molecule has 1 aromatic carbocycles. The zero-order chi connectivity index (χ0) is 22.0. The Morgan fingerprint density at radius 2 is 1.77 bits per heavy atom. The first-order valence-electron chi connectivity index (χ1n) is 9.95. The topological polar surface area (TPSA) is 92.8 Å². The fourth-order valence-corrected chi connectivity index (χ4v) is 4.20. The molecule has 1 aliphatic heterocycles. The summed E-state index contributed by atoms with van der Waals surface area (Å²) in [6.07, 6.45) is 5.20. The van der Waals surface area contributed by atoms with Crippen LogP contribution in [0, 0.1) is 17.8 Å². The number of imide groups is 1.